The van der Waals surface area contributed by atoms with E-state index in [1.807, 2.05) is 12.1 Å². The van der Waals surface area contributed by atoms with Gasteiger partial charge in [0.2, 0.25) is 0 Å². The number of halogens is 1. The molecule has 0 aliphatic carbocycles. The Kier molecular flexibility index (Phi) is 8.95. The number of aromatic nitrogens is 1. The number of unbranched alkanes of at least 4 members (excludes halogenated alkanes) is 2. The zero-order valence-electron chi connectivity index (χ0n) is 14.5. The number of rotatable bonds is 6. The average Bonchev–Trinajstić information content (AvgIpc) is 2.56. The zero-order valence-corrected chi connectivity index (χ0v) is 15.3. The Morgan fingerprint density at radius 2 is 1.58 bits per heavy atom. The van der Waals surface area contributed by atoms with Crippen molar-refractivity contribution in [3.05, 3.63) is 64.4 Å². The summed E-state index contributed by atoms with van der Waals surface area (Å²) in [6.07, 6.45) is 6.55. The molecule has 1 heterocycles. The van der Waals surface area contributed by atoms with E-state index in [2.05, 4.69) is 11.9 Å². The molecular weight excluding hydrogens is 322 g/mol. The second kappa shape index (κ2) is 10.7. The molecule has 0 aliphatic heterocycles. The van der Waals surface area contributed by atoms with Crippen LogP contribution in [0.1, 0.15) is 66.4 Å². The van der Waals surface area contributed by atoms with Crippen molar-refractivity contribution in [3.63, 3.8) is 0 Å². The van der Waals surface area contributed by atoms with Gasteiger partial charge in [0.1, 0.15) is 0 Å². The molecule has 4 heteroatoms. The monoisotopic (exact) mass is 345 g/mol. The molecular formula is C20H24ClNO2. The van der Waals surface area contributed by atoms with Gasteiger partial charge in [0, 0.05) is 28.0 Å². The van der Waals surface area contributed by atoms with Crippen LogP contribution in [-0.2, 0) is 6.42 Å². The minimum Gasteiger partial charge on any atom is -0.294 e. The molecule has 2 aromatic rings. The lowest BCUT2D eigenvalue weighted by Gasteiger charge is -2.00. The van der Waals surface area contributed by atoms with Gasteiger partial charge in [0.05, 0.1) is 0 Å². The van der Waals surface area contributed by atoms with Gasteiger partial charge in [-0.25, -0.2) is 0 Å². The normalized spacial score (nSPS) is 9.83. The number of benzene rings is 1. The smallest absolute Gasteiger partial charge is 0.160 e. The van der Waals surface area contributed by atoms with Gasteiger partial charge in [-0.1, -0.05) is 55.6 Å². The van der Waals surface area contributed by atoms with Crippen molar-refractivity contribution < 1.29 is 9.59 Å². The van der Waals surface area contributed by atoms with Gasteiger partial charge >= 0.3 is 0 Å². The highest BCUT2D eigenvalue weighted by molar-refractivity contribution is 6.30. The zero-order chi connectivity index (χ0) is 17.9. The maximum atomic E-state index is 11.0. The fraction of sp³-hybridized carbons (Fsp3) is 0.350. The van der Waals surface area contributed by atoms with E-state index in [0.717, 1.165) is 17.1 Å². The molecule has 0 amide bonds. The highest BCUT2D eigenvalue weighted by Crippen LogP contribution is 2.11. The van der Waals surface area contributed by atoms with Crippen LogP contribution in [0.4, 0.5) is 0 Å². The maximum Gasteiger partial charge on any atom is 0.160 e. The molecule has 1 aromatic heterocycles. The Hall–Kier alpha value is -2.00. The van der Waals surface area contributed by atoms with Gasteiger partial charge in [-0.05, 0) is 38.8 Å². The third-order valence-corrected chi connectivity index (χ3v) is 3.74. The Bertz CT molecular complexity index is 650. The fourth-order valence-corrected chi connectivity index (χ4v) is 2.42. The van der Waals surface area contributed by atoms with Crippen molar-refractivity contribution in [2.24, 2.45) is 0 Å². The van der Waals surface area contributed by atoms with E-state index >= 15 is 0 Å². The molecule has 0 aliphatic rings. The van der Waals surface area contributed by atoms with Crippen LogP contribution < -0.4 is 0 Å². The number of pyridine rings is 1. The van der Waals surface area contributed by atoms with Gasteiger partial charge in [0.15, 0.2) is 11.6 Å². The van der Waals surface area contributed by atoms with E-state index in [4.69, 9.17) is 11.6 Å². The molecule has 0 saturated carbocycles. The third kappa shape index (κ3) is 7.05. The van der Waals surface area contributed by atoms with Crippen LogP contribution in [0, 0.1) is 0 Å². The van der Waals surface area contributed by atoms with Gasteiger partial charge in [0.25, 0.3) is 0 Å². The number of nitrogens with zero attached hydrogens (tertiary/aromatic N) is 1. The number of carbonyl (C=O) groups is 2. The lowest BCUT2D eigenvalue weighted by Crippen LogP contribution is -2.02. The standard InChI is InChI=1S/C10H14ClN.C10H10O2/c1-2-3-4-5-10-8-9(11)6-7-12-10;1-7(11)9-5-3-4-6-10(9)8(2)12/h6-8H,2-5H2,1H3;3-6H,1-2H3. The number of ketones is 2. The summed E-state index contributed by atoms with van der Waals surface area (Å²) in [5.41, 5.74) is 2.12. The highest BCUT2D eigenvalue weighted by atomic mass is 35.5. The number of hydrogen-bond donors (Lipinski definition) is 0. The maximum absolute atomic E-state index is 11.0. The molecule has 0 fully saturated rings. The summed E-state index contributed by atoms with van der Waals surface area (Å²) in [5, 5.41) is 0.788. The van der Waals surface area contributed by atoms with Gasteiger partial charge in [-0.2, -0.15) is 0 Å². The van der Waals surface area contributed by atoms with Gasteiger partial charge in [-0.15, -0.1) is 0 Å². The van der Waals surface area contributed by atoms with E-state index in [1.54, 1.807) is 30.5 Å². The summed E-state index contributed by atoms with van der Waals surface area (Å²) in [5.74, 6) is -0.137. The van der Waals surface area contributed by atoms with Crippen molar-refractivity contribution in [2.45, 2.75) is 46.5 Å². The van der Waals surface area contributed by atoms with Crippen LogP contribution >= 0.6 is 11.6 Å². The summed E-state index contributed by atoms with van der Waals surface area (Å²) in [6, 6.07) is 10.6. The first kappa shape index (κ1) is 20.0. The molecule has 0 spiro atoms. The quantitative estimate of drug-likeness (QED) is 0.508. The predicted molar refractivity (Wildman–Crippen MR) is 98.9 cm³/mol. The SMILES string of the molecule is CC(=O)c1ccccc1C(C)=O.CCCCCc1cc(Cl)ccn1. The average molecular weight is 346 g/mol. The number of aryl methyl sites for hydroxylation is 1. The Morgan fingerprint density at radius 1 is 1.00 bits per heavy atom. The molecule has 0 atom stereocenters. The molecule has 0 saturated heterocycles. The first-order valence-corrected chi connectivity index (χ1v) is 8.54. The van der Waals surface area contributed by atoms with Crippen molar-refractivity contribution in [1.29, 1.82) is 0 Å². The molecule has 2 rings (SSSR count). The van der Waals surface area contributed by atoms with Crippen LogP contribution in [0.2, 0.25) is 5.02 Å². The van der Waals surface area contributed by atoms with E-state index in [-0.39, 0.29) is 11.6 Å². The molecule has 128 valence electrons. The summed E-state index contributed by atoms with van der Waals surface area (Å²) in [4.78, 5) is 26.3. The van der Waals surface area contributed by atoms with Gasteiger partial charge in [-0.3, -0.25) is 14.6 Å². The minimum atomic E-state index is -0.0687. The lowest BCUT2D eigenvalue weighted by molar-refractivity contribution is 0.0981. The molecule has 0 bridgehead atoms. The summed E-state index contributed by atoms with van der Waals surface area (Å²) < 4.78 is 0. The molecule has 0 N–H and O–H groups in total. The summed E-state index contributed by atoms with van der Waals surface area (Å²) in [6.45, 7) is 5.12. The highest BCUT2D eigenvalue weighted by Gasteiger charge is 2.08. The van der Waals surface area contributed by atoms with Gasteiger partial charge < -0.3 is 0 Å². The molecule has 0 unspecified atom stereocenters. The van der Waals surface area contributed by atoms with Crippen LogP contribution in [0.5, 0.6) is 0 Å². The van der Waals surface area contributed by atoms with Crippen LogP contribution in [-0.4, -0.2) is 16.6 Å². The predicted octanol–water partition coefficient (Wildman–Crippen LogP) is 5.56. The van der Waals surface area contributed by atoms with Crippen LogP contribution in [0.15, 0.2) is 42.6 Å². The first-order valence-electron chi connectivity index (χ1n) is 8.17. The molecule has 0 radical (unpaired) electrons. The van der Waals surface area contributed by atoms with Crippen molar-refractivity contribution in [3.8, 4) is 0 Å². The second-order valence-electron chi connectivity index (χ2n) is 5.58. The van der Waals surface area contributed by atoms with Crippen LogP contribution in [0.25, 0.3) is 0 Å². The molecule has 1 aromatic carbocycles. The number of hydrogen-bond acceptors (Lipinski definition) is 3. The number of Topliss-reactive ketones (excluding diaryl/α,β-unsaturated/α-hetero) is 2. The molecule has 24 heavy (non-hydrogen) atoms. The third-order valence-electron chi connectivity index (χ3n) is 3.50. The topological polar surface area (TPSA) is 47.0 Å². The largest absolute Gasteiger partial charge is 0.294 e. The second-order valence-corrected chi connectivity index (χ2v) is 6.02. The van der Waals surface area contributed by atoms with E-state index < -0.39 is 0 Å². The van der Waals surface area contributed by atoms with Crippen LogP contribution in [0.3, 0.4) is 0 Å². The van der Waals surface area contributed by atoms with Crippen molar-refractivity contribution in [2.75, 3.05) is 0 Å². The molecule has 3 nitrogen and oxygen atoms in total. The van der Waals surface area contributed by atoms with E-state index in [9.17, 15) is 9.59 Å². The van der Waals surface area contributed by atoms with Crippen molar-refractivity contribution >= 4 is 23.2 Å². The summed E-state index contributed by atoms with van der Waals surface area (Å²) in [7, 11) is 0. The minimum absolute atomic E-state index is 0.0687. The Labute approximate surface area is 149 Å². The van der Waals surface area contributed by atoms with E-state index in [0.29, 0.717) is 11.1 Å². The fourth-order valence-electron chi connectivity index (χ4n) is 2.24. The Balaban J connectivity index is 0.000000240. The lowest BCUT2D eigenvalue weighted by atomic mass is 10.0. The van der Waals surface area contributed by atoms with E-state index in [1.165, 1.54) is 33.1 Å². The number of carbonyl (C=O) groups excluding carboxylic acids is 2. The first-order chi connectivity index (χ1) is 11.5. The summed E-state index contributed by atoms with van der Waals surface area (Å²) >= 11 is 5.82. The van der Waals surface area contributed by atoms with Crippen molar-refractivity contribution in [1.82, 2.24) is 4.98 Å². The Morgan fingerprint density at radius 3 is 2.04 bits per heavy atom.